The van der Waals surface area contributed by atoms with Gasteiger partial charge in [0.2, 0.25) is 0 Å². The molecule has 0 saturated carbocycles. The lowest BCUT2D eigenvalue weighted by Crippen LogP contribution is -2.35. The van der Waals surface area contributed by atoms with Gasteiger partial charge in [-0.3, -0.25) is 14.5 Å². The summed E-state index contributed by atoms with van der Waals surface area (Å²) in [5.74, 6) is 1.19. The number of nitrogens with zero attached hydrogens (tertiary/aromatic N) is 5. The Morgan fingerprint density at radius 2 is 1.69 bits per heavy atom. The third-order valence-electron chi connectivity index (χ3n) is 6.30. The van der Waals surface area contributed by atoms with Crippen molar-refractivity contribution in [2.75, 3.05) is 26.3 Å². The van der Waals surface area contributed by atoms with Crippen LogP contribution in [0.5, 0.6) is 11.5 Å². The average Bonchev–Trinajstić information content (AvgIpc) is 3.30. The Morgan fingerprint density at radius 3 is 2.37 bits per heavy atom. The van der Waals surface area contributed by atoms with Gasteiger partial charge in [-0.1, -0.05) is 26.0 Å². The fourth-order valence-electron chi connectivity index (χ4n) is 4.39. The monoisotopic (exact) mass is 471 g/mol. The van der Waals surface area contributed by atoms with Crippen molar-refractivity contribution in [1.29, 1.82) is 0 Å². The first-order valence-corrected chi connectivity index (χ1v) is 11.8. The number of pyridine rings is 1. The molecule has 0 spiro atoms. The molecule has 5 rings (SSSR count). The number of hydrogen-bond acceptors (Lipinski definition) is 7. The van der Waals surface area contributed by atoms with Crippen LogP contribution in [-0.4, -0.2) is 61.2 Å². The summed E-state index contributed by atoms with van der Waals surface area (Å²) in [7, 11) is 0. The summed E-state index contributed by atoms with van der Waals surface area (Å²) >= 11 is 0. The molecule has 1 aliphatic rings. The van der Waals surface area contributed by atoms with Gasteiger partial charge < -0.3 is 14.9 Å². The first-order chi connectivity index (χ1) is 17.0. The van der Waals surface area contributed by atoms with Gasteiger partial charge in [-0.2, -0.15) is 0 Å². The van der Waals surface area contributed by atoms with Crippen molar-refractivity contribution in [2.45, 2.75) is 26.3 Å². The zero-order valence-electron chi connectivity index (χ0n) is 19.9. The lowest BCUT2D eigenvalue weighted by molar-refractivity contribution is 0.0342. The van der Waals surface area contributed by atoms with Crippen molar-refractivity contribution in [3.8, 4) is 40.0 Å². The number of benzene rings is 2. The first-order valence-electron chi connectivity index (χ1n) is 11.8. The van der Waals surface area contributed by atoms with Crippen molar-refractivity contribution in [2.24, 2.45) is 0 Å². The van der Waals surface area contributed by atoms with E-state index in [2.05, 4.69) is 32.2 Å². The van der Waals surface area contributed by atoms with Crippen LogP contribution in [0.3, 0.4) is 0 Å². The van der Waals surface area contributed by atoms with Gasteiger partial charge in [0.15, 0.2) is 11.6 Å². The molecule has 2 aromatic heterocycles. The lowest BCUT2D eigenvalue weighted by atomic mass is 9.98. The standard InChI is InChI=1S/C27H29N5O3/c1-18(2)22-14-23(25(34)15-24(22)33)27-30-29-26(20-4-3-9-28-16-20)32(27)21-7-5-19(6-8-21)17-31-10-12-35-13-11-31/h3-9,14-16,18,33-34H,10-13,17H2,1-2H3. The van der Waals surface area contributed by atoms with Crippen molar-refractivity contribution >= 4 is 0 Å². The Kier molecular flexibility index (Phi) is 6.48. The number of morpholine rings is 1. The fourth-order valence-corrected chi connectivity index (χ4v) is 4.39. The van der Waals surface area contributed by atoms with Crippen LogP contribution < -0.4 is 0 Å². The summed E-state index contributed by atoms with van der Waals surface area (Å²) in [6.07, 6.45) is 3.46. The molecule has 8 nitrogen and oxygen atoms in total. The van der Waals surface area contributed by atoms with Gasteiger partial charge in [0.05, 0.1) is 18.8 Å². The zero-order valence-corrected chi connectivity index (χ0v) is 19.9. The number of phenolic OH excluding ortho intramolecular Hbond substituents is 2. The van der Waals surface area contributed by atoms with Crippen LogP contribution in [0.4, 0.5) is 0 Å². The van der Waals surface area contributed by atoms with Gasteiger partial charge in [-0.25, -0.2) is 0 Å². The van der Waals surface area contributed by atoms with Gasteiger partial charge in [0.25, 0.3) is 0 Å². The third-order valence-corrected chi connectivity index (χ3v) is 6.30. The van der Waals surface area contributed by atoms with Crippen molar-refractivity contribution in [3.63, 3.8) is 0 Å². The van der Waals surface area contributed by atoms with Crippen molar-refractivity contribution < 1.29 is 14.9 Å². The minimum atomic E-state index is -0.0535. The highest BCUT2D eigenvalue weighted by atomic mass is 16.5. The molecule has 1 fully saturated rings. The summed E-state index contributed by atoms with van der Waals surface area (Å²) in [6.45, 7) is 8.26. The van der Waals surface area contributed by atoms with E-state index >= 15 is 0 Å². The molecule has 0 bridgehead atoms. The highest BCUT2D eigenvalue weighted by Crippen LogP contribution is 2.39. The maximum Gasteiger partial charge on any atom is 0.172 e. The summed E-state index contributed by atoms with van der Waals surface area (Å²) in [5, 5.41) is 30.0. The maximum atomic E-state index is 10.8. The molecule has 1 aliphatic heterocycles. The van der Waals surface area contributed by atoms with Crippen LogP contribution in [0.1, 0.15) is 30.9 Å². The molecule has 0 atom stereocenters. The van der Waals surface area contributed by atoms with E-state index in [9.17, 15) is 10.2 Å². The number of rotatable bonds is 6. The molecule has 1 saturated heterocycles. The van der Waals surface area contributed by atoms with Crippen LogP contribution in [0, 0.1) is 0 Å². The largest absolute Gasteiger partial charge is 0.508 e. The van der Waals surface area contributed by atoms with Crippen LogP contribution in [-0.2, 0) is 11.3 Å². The Morgan fingerprint density at radius 1 is 0.943 bits per heavy atom. The lowest BCUT2D eigenvalue weighted by Gasteiger charge is -2.26. The molecule has 4 aromatic rings. The quantitative estimate of drug-likeness (QED) is 0.431. The molecule has 35 heavy (non-hydrogen) atoms. The second-order valence-corrected chi connectivity index (χ2v) is 9.06. The maximum absolute atomic E-state index is 10.8. The highest BCUT2D eigenvalue weighted by Gasteiger charge is 2.22. The van der Waals surface area contributed by atoms with Crippen LogP contribution in [0.2, 0.25) is 0 Å². The number of hydrogen-bond donors (Lipinski definition) is 2. The summed E-state index contributed by atoms with van der Waals surface area (Å²) in [5.41, 5.74) is 4.13. The Labute approximate surface area is 204 Å². The number of phenols is 2. The van der Waals surface area contributed by atoms with Gasteiger partial charge >= 0.3 is 0 Å². The number of ether oxygens (including phenoxy) is 1. The van der Waals surface area contributed by atoms with E-state index in [0.29, 0.717) is 17.2 Å². The molecular formula is C27H29N5O3. The van der Waals surface area contributed by atoms with E-state index in [1.54, 1.807) is 18.5 Å². The Hall–Kier alpha value is -3.75. The number of aromatic nitrogens is 4. The molecule has 8 heteroatoms. The first kappa shape index (κ1) is 23.0. The van der Waals surface area contributed by atoms with E-state index in [0.717, 1.165) is 49.7 Å². The highest BCUT2D eigenvalue weighted by molar-refractivity contribution is 5.72. The SMILES string of the molecule is CC(C)c1cc(-c2nnc(-c3cccnc3)n2-c2ccc(CN3CCOCC3)cc2)c(O)cc1O. The second kappa shape index (κ2) is 9.85. The predicted molar refractivity (Wildman–Crippen MR) is 134 cm³/mol. The van der Waals surface area contributed by atoms with Gasteiger partial charge in [-0.15, -0.1) is 10.2 Å². The van der Waals surface area contributed by atoms with Crippen LogP contribution >= 0.6 is 0 Å². The molecular weight excluding hydrogens is 442 g/mol. The molecule has 2 N–H and O–H groups in total. The van der Waals surface area contributed by atoms with E-state index in [1.807, 2.05) is 42.7 Å². The summed E-state index contributed by atoms with van der Waals surface area (Å²) < 4.78 is 7.38. The minimum absolute atomic E-state index is 0.0535. The zero-order chi connectivity index (χ0) is 24.4. The van der Waals surface area contributed by atoms with E-state index < -0.39 is 0 Å². The smallest absolute Gasteiger partial charge is 0.172 e. The van der Waals surface area contributed by atoms with E-state index in [1.165, 1.54) is 11.6 Å². The molecule has 0 radical (unpaired) electrons. The summed E-state index contributed by atoms with van der Waals surface area (Å²) in [4.78, 5) is 6.62. The molecule has 0 aliphatic carbocycles. The minimum Gasteiger partial charge on any atom is -0.508 e. The van der Waals surface area contributed by atoms with Crippen molar-refractivity contribution in [3.05, 3.63) is 72.1 Å². The normalized spacial score (nSPS) is 14.5. The van der Waals surface area contributed by atoms with Crippen LogP contribution in [0.25, 0.3) is 28.5 Å². The molecule has 2 aromatic carbocycles. The Bertz CT molecular complexity index is 1300. The summed E-state index contributed by atoms with van der Waals surface area (Å²) in [6, 6.07) is 15.3. The van der Waals surface area contributed by atoms with E-state index in [4.69, 9.17) is 4.74 Å². The molecule has 0 unspecified atom stereocenters. The molecule has 3 heterocycles. The predicted octanol–water partition coefficient (Wildman–Crippen LogP) is 4.36. The average molecular weight is 472 g/mol. The van der Waals surface area contributed by atoms with Crippen LogP contribution in [0.15, 0.2) is 60.9 Å². The number of aromatic hydroxyl groups is 2. The van der Waals surface area contributed by atoms with Gasteiger partial charge in [0, 0.05) is 49.3 Å². The topological polar surface area (TPSA) is 96.5 Å². The van der Waals surface area contributed by atoms with E-state index in [-0.39, 0.29) is 17.4 Å². The molecule has 180 valence electrons. The fraction of sp³-hybridized carbons (Fsp3) is 0.296. The second-order valence-electron chi connectivity index (χ2n) is 9.06. The van der Waals surface area contributed by atoms with Gasteiger partial charge in [0.1, 0.15) is 11.5 Å². The third kappa shape index (κ3) is 4.76. The van der Waals surface area contributed by atoms with Gasteiger partial charge in [-0.05, 0) is 47.4 Å². The van der Waals surface area contributed by atoms with Crippen molar-refractivity contribution in [1.82, 2.24) is 24.6 Å². The molecule has 0 amide bonds. The Balaban J connectivity index is 1.59.